The van der Waals surface area contributed by atoms with Crippen LogP contribution in [-0.2, 0) is 6.61 Å². The summed E-state index contributed by atoms with van der Waals surface area (Å²) in [5.74, 6) is 6.21. The van der Waals surface area contributed by atoms with E-state index in [-0.39, 0.29) is 24.3 Å². The Morgan fingerprint density at radius 1 is 1.20 bits per heavy atom. The standard InChI is InChI=1S/C23H23N5O2/c1-16-8-9-17(10-11-19-5-3-6-20(15-29)27-19)22(26-16)23(30)18-4-2-7-21(14-18)28-24-12-13-25-28/h2-7,12-14,16-17,22,26,29H,8-9,15H2,1H3/t16-,17+,22?/m1/s1. The van der Waals surface area contributed by atoms with Crippen LogP contribution in [-0.4, -0.2) is 43.0 Å². The number of carbonyl (C=O) groups is 1. The molecular weight excluding hydrogens is 378 g/mol. The Bertz CT molecular complexity index is 1080. The molecule has 0 radical (unpaired) electrons. The molecule has 2 aromatic heterocycles. The van der Waals surface area contributed by atoms with Gasteiger partial charge in [0.2, 0.25) is 0 Å². The van der Waals surface area contributed by atoms with Crippen LogP contribution in [0.1, 0.15) is 41.5 Å². The first kappa shape index (κ1) is 20.0. The maximum absolute atomic E-state index is 13.4. The summed E-state index contributed by atoms with van der Waals surface area (Å²) >= 11 is 0. The molecule has 0 saturated carbocycles. The molecule has 1 fully saturated rings. The van der Waals surface area contributed by atoms with E-state index in [2.05, 4.69) is 39.3 Å². The fourth-order valence-electron chi connectivity index (χ4n) is 3.63. The van der Waals surface area contributed by atoms with Crippen molar-refractivity contribution in [3.8, 4) is 17.5 Å². The van der Waals surface area contributed by atoms with E-state index in [1.54, 1.807) is 24.5 Å². The van der Waals surface area contributed by atoms with Crippen LogP contribution in [0.2, 0.25) is 0 Å². The third-order valence-corrected chi connectivity index (χ3v) is 5.19. The molecule has 0 amide bonds. The average Bonchev–Trinajstić information content (AvgIpc) is 3.33. The van der Waals surface area contributed by atoms with Gasteiger partial charge in [-0.25, -0.2) is 4.98 Å². The normalized spacial score (nSPS) is 20.9. The molecule has 0 aliphatic carbocycles. The van der Waals surface area contributed by atoms with Crippen LogP contribution in [0, 0.1) is 17.8 Å². The Hall–Kier alpha value is -3.34. The van der Waals surface area contributed by atoms with Gasteiger partial charge < -0.3 is 10.4 Å². The largest absolute Gasteiger partial charge is 0.390 e. The lowest BCUT2D eigenvalue weighted by Gasteiger charge is -2.32. The topological polar surface area (TPSA) is 92.9 Å². The van der Waals surface area contributed by atoms with Crippen molar-refractivity contribution in [2.75, 3.05) is 0 Å². The summed E-state index contributed by atoms with van der Waals surface area (Å²) in [5.41, 5.74) is 2.51. The van der Waals surface area contributed by atoms with E-state index in [4.69, 9.17) is 0 Å². The van der Waals surface area contributed by atoms with Crippen LogP contribution in [0.15, 0.2) is 54.9 Å². The fourth-order valence-corrected chi connectivity index (χ4v) is 3.63. The predicted octanol–water partition coefficient (Wildman–Crippen LogP) is 2.15. The Kier molecular flexibility index (Phi) is 5.98. The zero-order valence-electron chi connectivity index (χ0n) is 16.7. The summed E-state index contributed by atoms with van der Waals surface area (Å²) in [6.07, 6.45) is 4.98. The van der Waals surface area contributed by atoms with Crippen LogP contribution in [0.4, 0.5) is 0 Å². The molecule has 7 heteroatoms. The van der Waals surface area contributed by atoms with Gasteiger partial charge >= 0.3 is 0 Å². The number of nitrogens with zero attached hydrogens (tertiary/aromatic N) is 4. The lowest BCUT2D eigenvalue weighted by atomic mass is 9.84. The minimum atomic E-state index is -0.400. The number of benzene rings is 1. The summed E-state index contributed by atoms with van der Waals surface area (Å²) in [6.45, 7) is 1.96. The Morgan fingerprint density at radius 3 is 2.80 bits per heavy atom. The predicted molar refractivity (Wildman–Crippen MR) is 112 cm³/mol. The second-order valence-electron chi connectivity index (χ2n) is 7.40. The summed E-state index contributed by atoms with van der Waals surface area (Å²) in [5, 5.41) is 21.0. The lowest BCUT2D eigenvalue weighted by molar-refractivity contribution is 0.0889. The molecule has 152 valence electrons. The first-order valence-corrected chi connectivity index (χ1v) is 9.99. The van der Waals surface area contributed by atoms with Crippen molar-refractivity contribution >= 4 is 5.78 Å². The van der Waals surface area contributed by atoms with Gasteiger partial charge in [0.05, 0.1) is 36.4 Å². The molecule has 1 aliphatic heterocycles. The van der Waals surface area contributed by atoms with Crippen LogP contribution >= 0.6 is 0 Å². The molecule has 30 heavy (non-hydrogen) atoms. The Balaban J connectivity index is 1.59. The molecule has 3 aromatic rings. The number of aromatic nitrogens is 4. The molecule has 1 unspecified atom stereocenters. The third kappa shape index (κ3) is 4.46. The van der Waals surface area contributed by atoms with Crippen LogP contribution in [0.3, 0.4) is 0 Å². The van der Waals surface area contributed by atoms with Gasteiger partial charge in [0.25, 0.3) is 0 Å². The lowest BCUT2D eigenvalue weighted by Crippen LogP contribution is -2.50. The number of rotatable bonds is 4. The van der Waals surface area contributed by atoms with Gasteiger partial charge in [-0.15, -0.1) is 0 Å². The van der Waals surface area contributed by atoms with E-state index >= 15 is 0 Å². The fraction of sp³-hybridized carbons (Fsp3) is 0.304. The van der Waals surface area contributed by atoms with Crippen LogP contribution in [0.5, 0.6) is 0 Å². The van der Waals surface area contributed by atoms with E-state index in [9.17, 15) is 9.90 Å². The van der Waals surface area contributed by atoms with Crippen molar-refractivity contribution in [2.24, 2.45) is 5.92 Å². The van der Waals surface area contributed by atoms with Crippen molar-refractivity contribution in [1.82, 2.24) is 25.3 Å². The quantitative estimate of drug-likeness (QED) is 0.514. The van der Waals surface area contributed by atoms with Gasteiger partial charge in [0.1, 0.15) is 5.69 Å². The second-order valence-corrected chi connectivity index (χ2v) is 7.40. The number of ketones is 1. The summed E-state index contributed by atoms with van der Waals surface area (Å²) in [6, 6.07) is 12.5. The number of Topliss-reactive ketones (excluding diaryl/α,β-unsaturated/α-hetero) is 1. The molecule has 3 atom stereocenters. The summed E-state index contributed by atoms with van der Waals surface area (Å²) in [4.78, 5) is 19.2. The van der Waals surface area contributed by atoms with Gasteiger partial charge in [-0.3, -0.25) is 4.79 Å². The molecular formula is C23H23N5O2. The minimum absolute atomic E-state index is 0.00641. The molecule has 0 spiro atoms. The van der Waals surface area contributed by atoms with Crippen LogP contribution < -0.4 is 5.32 Å². The van der Waals surface area contributed by atoms with E-state index in [1.165, 1.54) is 4.80 Å². The summed E-state index contributed by atoms with van der Waals surface area (Å²) < 4.78 is 0. The Labute approximate surface area is 175 Å². The number of piperidine rings is 1. The summed E-state index contributed by atoms with van der Waals surface area (Å²) in [7, 11) is 0. The van der Waals surface area contributed by atoms with Crippen molar-refractivity contribution in [1.29, 1.82) is 0 Å². The highest BCUT2D eigenvalue weighted by molar-refractivity contribution is 6.01. The number of aliphatic hydroxyl groups excluding tert-OH is 1. The maximum atomic E-state index is 13.4. The van der Waals surface area contributed by atoms with E-state index in [1.807, 2.05) is 30.3 Å². The number of aliphatic hydroxyl groups is 1. The number of hydrogen-bond acceptors (Lipinski definition) is 6. The molecule has 3 heterocycles. The zero-order valence-corrected chi connectivity index (χ0v) is 16.7. The monoisotopic (exact) mass is 401 g/mol. The van der Waals surface area contributed by atoms with Gasteiger partial charge in [-0.1, -0.05) is 24.1 Å². The van der Waals surface area contributed by atoms with Crippen molar-refractivity contribution in [2.45, 2.75) is 38.5 Å². The molecule has 1 aromatic carbocycles. The third-order valence-electron chi connectivity index (χ3n) is 5.19. The van der Waals surface area contributed by atoms with E-state index in [0.717, 1.165) is 18.5 Å². The van der Waals surface area contributed by atoms with Gasteiger partial charge in [-0.05, 0) is 50.0 Å². The van der Waals surface area contributed by atoms with Gasteiger partial charge in [-0.2, -0.15) is 15.0 Å². The first-order valence-electron chi connectivity index (χ1n) is 9.99. The molecule has 1 saturated heterocycles. The van der Waals surface area contributed by atoms with Crippen molar-refractivity contribution in [3.63, 3.8) is 0 Å². The van der Waals surface area contributed by atoms with Gasteiger partial charge in [0, 0.05) is 17.5 Å². The zero-order chi connectivity index (χ0) is 20.9. The SMILES string of the molecule is C[C@@H]1CC[C@@H](C#Cc2cccc(CO)n2)C(C(=O)c2cccc(-n3nccn3)c2)N1. The molecule has 7 nitrogen and oxygen atoms in total. The highest BCUT2D eigenvalue weighted by Crippen LogP contribution is 2.23. The van der Waals surface area contributed by atoms with Crippen molar-refractivity contribution in [3.05, 3.63) is 71.8 Å². The van der Waals surface area contributed by atoms with Crippen LogP contribution in [0.25, 0.3) is 5.69 Å². The number of nitrogens with one attached hydrogen (secondary N) is 1. The smallest absolute Gasteiger partial charge is 0.181 e. The molecule has 2 N–H and O–H groups in total. The molecule has 1 aliphatic rings. The van der Waals surface area contributed by atoms with E-state index in [0.29, 0.717) is 17.0 Å². The van der Waals surface area contributed by atoms with Gasteiger partial charge in [0.15, 0.2) is 5.78 Å². The minimum Gasteiger partial charge on any atom is -0.390 e. The van der Waals surface area contributed by atoms with Crippen molar-refractivity contribution < 1.29 is 9.90 Å². The highest BCUT2D eigenvalue weighted by atomic mass is 16.3. The number of pyridine rings is 1. The molecule has 4 rings (SSSR count). The number of carbonyl (C=O) groups excluding carboxylic acids is 1. The average molecular weight is 401 g/mol. The second kappa shape index (κ2) is 8.99. The Morgan fingerprint density at radius 2 is 2.00 bits per heavy atom. The van der Waals surface area contributed by atoms with E-state index < -0.39 is 6.04 Å². The highest BCUT2D eigenvalue weighted by Gasteiger charge is 2.33. The first-order chi connectivity index (χ1) is 14.6. The molecule has 0 bridgehead atoms. The maximum Gasteiger partial charge on any atom is 0.181 e. The number of hydrogen-bond donors (Lipinski definition) is 2.